The van der Waals surface area contributed by atoms with E-state index in [1.165, 1.54) is 14.2 Å². The van der Waals surface area contributed by atoms with Crippen molar-refractivity contribution in [3.63, 3.8) is 0 Å². The second kappa shape index (κ2) is 4.89. The summed E-state index contributed by atoms with van der Waals surface area (Å²) in [5.74, 6) is -1.13. The minimum absolute atomic E-state index is 0.543. The molecule has 0 amide bonds. The van der Waals surface area contributed by atoms with E-state index in [0.29, 0.717) is 0 Å². The smallest absolute Gasteiger partial charge is 0.335 e. The number of aliphatic hydroxyl groups is 2. The number of methoxy groups -OCH3 is 2. The molecule has 0 aliphatic carbocycles. The number of rotatable bonds is 2. The first kappa shape index (κ1) is 12.4. The molecule has 15 heavy (non-hydrogen) atoms. The van der Waals surface area contributed by atoms with Crippen molar-refractivity contribution in [1.29, 1.82) is 0 Å². The maximum Gasteiger partial charge on any atom is 0.335 e. The van der Waals surface area contributed by atoms with E-state index in [2.05, 4.69) is 4.74 Å². The Bertz CT molecular complexity index is 229. The van der Waals surface area contributed by atoms with E-state index in [1.54, 1.807) is 6.92 Å². The molecule has 0 aromatic rings. The first-order valence-electron chi connectivity index (χ1n) is 4.65. The van der Waals surface area contributed by atoms with Crippen LogP contribution >= 0.6 is 0 Å². The summed E-state index contributed by atoms with van der Waals surface area (Å²) in [5.41, 5.74) is 0. The Kier molecular flexibility index (Phi) is 4.04. The fourth-order valence-corrected chi connectivity index (χ4v) is 1.58. The van der Waals surface area contributed by atoms with Crippen molar-refractivity contribution in [2.45, 2.75) is 31.5 Å². The third-order valence-corrected chi connectivity index (χ3v) is 2.59. The average molecular weight is 220 g/mol. The summed E-state index contributed by atoms with van der Waals surface area (Å²) in [6.45, 7) is 1.60. The van der Waals surface area contributed by atoms with Crippen molar-refractivity contribution in [2.24, 2.45) is 5.92 Å². The Morgan fingerprint density at radius 1 is 1.27 bits per heavy atom. The van der Waals surface area contributed by atoms with Crippen LogP contribution in [0.1, 0.15) is 6.92 Å². The third kappa shape index (κ3) is 2.28. The minimum Gasteiger partial charge on any atom is -0.467 e. The lowest BCUT2D eigenvalue weighted by atomic mass is 9.91. The fourth-order valence-electron chi connectivity index (χ4n) is 1.58. The number of aliphatic hydroxyl groups excluding tert-OH is 2. The lowest BCUT2D eigenvalue weighted by Gasteiger charge is -2.39. The van der Waals surface area contributed by atoms with Gasteiger partial charge in [0.05, 0.1) is 13.2 Å². The quantitative estimate of drug-likeness (QED) is 0.574. The van der Waals surface area contributed by atoms with Gasteiger partial charge in [0.1, 0.15) is 6.10 Å². The molecular weight excluding hydrogens is 204 g/mol. The second-order valence-corrected chi connectivity index (χ2v) is 3.52. The van der Waals surface area contributed by atoms with E-state index in [-0.39, 0.29) is 0 Å². The SMILES string of the molecule is COC(=O)C1OC(OC)C(O)C(O)C1C. The number of esters is 1. The average Bonchev–Trinajstić information content (AvgIpc) is 2.25. The molecule has 1 heterocycles. The molecule has 0 spiro atoms. The molecule has 1 aliphatic rings. The molecule has 6 nitrogen and oxygen atoms in total. The summed E-state index contributed by atoms with van der Waals surface area (Å²) in [4.78, 5) is 11.3. The van der Waals surface area contributed by atoms with Crippen LogP contribution in [0, 0.1) is 5.92 Å². The highest BCUT2D eigenvalue weighted by molar-refractivity contribution is 5.75. The Hall–Kier alpha value is -0.690. The van der Waals surface area contributed by atoms with Gasteiger partial charge in [-0.3, -0.25) is 0 Å². The zero-order valence-electron chi connectivity index (χ0n) is 8.91. The fraction of sp³-hybridized carbons (Fsp3) is 0.889. The van der Waals surface area contributed by atoms with Crippen LogP contribution in [0.25, 0.3) is 0 Å². The van der Waals surface area contributed by atoms with Crippen LogP contribution in [0.5, 0.6) is 0 Å². The van der Waals surface area contributed by atoms with Gasteiger partial charge in [-0.15, -0.1) is 0 Å². The molecule has 88 valence electrons. The summed E-state index contributed by atoms with van der Waals surface area (Å²) in [5, 5.41) is 19.2. The monoisotopic (exact) mass is 220 g/mol. The predicted molar refractivity (Wildman–Crippen MR) is 48.9 cm³/mol. The van der Waals surface area contributed by atoms with E-state index >= 15 is 0 Å². The van der Waals surface area contributed by atoms with Crippen molar-refractivity contribution in [3.05, 3.63) is 0 Å². The molecular formula is C9H16O6. The molecule has 0 saturated carbocycles. The molecule has 5 unspecified atom stereocenters. The Balaban J connectivity index is 2.78. The maximum atomic E-state index is 11.3. The normalized spacial score (nSPS) is 41.3. The van der Waals surface area contributed by atoms with Crippen molar-refractivity contribution in [1.82, 2.24) is 0 Å². The summed E-state index contributed by atoms with van der Waals surface area (Å²) in [6, 6.07) is 0. The van der Waals surface area contributed by atoms with E-state index in [0.717, 1.165) is 0 Å². The predicted octanol–water partition coefficient (Wildman–Crippen LogP) is -1.11. The standard InChI is InChI=1S/C9H16O6/c1-4-5(10)6(11)9(14-3)15-7(4)8(12)13-2/h4-7,9-11H,1-3H3. The molecule has 6 heteroatoms. The van der Waals surface area contributed by atoms with Crippen LogP contribution in [-0.4, -0.2) is 55.0 Å². The van der Waals surface area contributed by atoms with Crippen LogP contribution in [0.4, 0.5) is 0 Å². The van der Waals surface area contributed by atoms with Crippen LogP contribution in [0.3, 0.4) is 0 Å². The van der Waals surface area contributed by atoms with Crippen LogP contribution in [0.2, 0.25) is 0 Å². The maximum absolute atomic E-state index is 11.3. The molecule has 1 aliphatic heterocycles. The second-order valence-electron chi connectivity index (χ2n) is 3.52. The highest BCUT2D eigenvalue weighted by Crippen LogP contribution is 2.26. The summed E-state index contributed by atoms with van der Waals surface area (Å²) >= 11 is 0. The molecule has 0 aromatic carbocycles. The summed E-state index contributed by atoms with van der Waals surface area (Å²) in [7, 11) is 2.56. The lowest BCUT2D eigenvalue weighted by Crippen LogP contribution is -2.56. The number of carbonyl (C=O) groups excluding carboxylic acids is 1. The number of hydrogen-bond donors (Lipinski definition) is 2. The minimum atomic E-state index is -1.16. The first-order chi connectivity index (χ1) is 7.02. The first-order valence-corrected chi connectivity index (χ1v) is 4.65. The zero-order chi connectivity index (χ0) is 11.6. The molecule has 1 saturated heterocycles. The van der Waals surface area contributed by atoms with E-state index < -0.39 is 36.5 Å². The van der Waals surface area contributed by atoms with Gasteiger partial charge in [0.25, 0.3) is 0 Å². The van der Waals surface area contributed by atoms with Crippen molar-refractivity contribution < 1.29 is 29.2 Å². The van der Waals surface area contributed by atoms with Gasteiger partial charge in [0.2, 0.25) is 0 Å². The molecule has 0 radical (unpaired) electrons. The van der Waals surface area contributed by atoms with Gasteiger partial charge in [-0.25, -0.2) is 4.79 Å². The largest absolute Gasteiger partial charge is 0.467 e. The molecule has 0 aromatic heterocycles. The van der Waals surface area contributed by atoms with Crippen molar-refractivity contribution in [3.8, 4) is 0 Å². The Morgan fingerprint density at radius 3 is 2.33 bits per heavy atom. The molecule has 5 atom stereocenters. The van der Waals surface area contributed by atoms with Crippen molar-refractivity contribution in [2.75, 3.05) is 14.2 Å². The Morgan fingerprint density at radius 2 is 1.87 bits per heavy atom. The van der Waals surface area contributed by atoms with E-state index in [4.69, 9.17) is 9.47 Å². The highest BCUT2D eigenvalue weighted by atomic mass is 16.7. The molecule has 1 rings (SSSR count). The summed E-state index contributed by atoms with van der Waals surface area (Å²) < 4.78 is 14.5. The van der Waals surface area contributed by atoms with Crippen LogP contribution < -0.4 is 0 Å². The van der Waals surface area contributed by atoms with Gasteiger partial charge in [0.15, 0.2) is 12.4 Å². The van der Waals surface area contributed by atoms with Gasteiger partial charge in [0, 0.05) is 13.0 Å². The Labute approximate surface area is 87.7 Å². The number of ether oxygens (including phenoxy) is 3. The molecule has 0 bridgehead atoms. The number of carbonyl (C=O) groups is 1. The van der Waals surface area contributed by atoms with E-state index in [1.807, 2.05) is 0 Å². The van der Waals surface area contributed by atoms with Crippen molar-refractivity contribution >= 4 is 5.97 Å². The molecule has 1 fully saturated rings. The highest BCUT2D eigenvalue weighted by Gasteiger charge is 2.45. The third-order valence-electron chi connectivity index (χ3n) is 2.59. The number of hydrogen-bond acceptors (Lipinski definition) is 6. The zero-order valence-corrected chi connectivity index (χ0v) is 8.91. The van der Waals surface area contributed by atoms with Gasteiger partial charge >= 0.3 is 5.97 Å². The molecule has 2 N–H and O–H groups in total. The lowest BCUT2D eigenvalue weighted by molar-refractivity contribution is -0.274. The van der Waals surface area contributed by atoms with Crippen LogP contribution in [-0.2, 0) is 19.0 Å². The van der Waals surface area contributed by atoms with Gasteiger partial charge in [-0.05, 0) is 0 Å². The van der Waals surface area contributed by atoms with Gasteiger partial charge in [-0.1, -0.05) is 6.92 Å². The van der Waals surface area contributed by atoms with Gasteiger partial charge in [-0.2, -0.15) is 0 Å². The van der Waals surface area contributed by atoms with Crippen LogP contribution in [0.15, 0.2) is 0 Å². The topological polar surface area (TPSA) is 85.2 Å². The van der Waals surface area contributed by atoms with Gasteiger partial charge < -0.3 is 24.4 Å². The van der Waals surface area contributed by atoms with E-state index in [9.17, 15) is 15.0 Å². The summed E-state index contributed by atoms with van der Waals surface area (Å²) in [6.07, 6.45) is -4.17.